The molecule has 88 valence electrons. The summed E-state index contributed by atoms with van der Waals surface area (Å²) in [6.45, 7) is 0. The van der Waals surface area contributed by atoms with E-state index in [1.807, 2.05) is 0 Å². The maximum atomic E-state index is 13.0. The molecule has 0 saturated carbocycles. The molecule has 2 rings (SSSR count). The number of benzene rings is 1. The molecule has 0 spiro atoms. The van der Waals surface area contributed by atoms with Gasteiger partial charge < -0.3 is 9.84 Å². The van der Waals surface area contributed by atoms with Gasteiger partial charge in [0.25, 0.3) is 0 Å². The lowest BCUT2D eigenvalue weighted by atomic mass is 10.2. The summed E-state index contributed by atoms with van der Waals surface area (Å²) < 4.78 is 17.8. The summed E-state index contributed by atoms with van der Waals surface area (Å²) in [7, 11) is 1.10. The van der Waals surface area contributed by atoms with E-state index in [-0.39, 0.29) is 5.39 Å². The molecule has 2 aromatic rings. The topological polar surface area (TPSA) is 63.6 Å². The second-order valence-electron chi connectivity index (χ2n) is 3.24. The lowest BCUT2D eigenvalue weighted by molar-refractivity contribution is 0.0597. The highest BCUT2D eigenvalue weighted by Gasteiger charge is 2.19. The van der Waals surface area contributed by atoms with Crippen LogP contribution in [-0.2, 0) is 4.74 Å². The summed E-state index contributed by atoms with van der Waals surface area (Å²) in [5.74, 6) is -1.52. The van der Waals surface area contributed by atoms with Crippen LogP contribution in [-0.4, -0.2) is 18.2 Å². The Morgan fingerprint density at radius 2 is 2.18 bits per heavy atom. The van der Waals surface area contributed by atoms with Gasteiger partial charge >= 0.3 is 5.97 Å². The lowest BCUT2D eigenvalue weighted by Gasteiger charge is -2.03. The highest BCUT2D eigenvalue weighted by atomic mass is 32.1. The van der Waals surface area contributed by atoms with Crippen molar-refractivity contribution >= 4 is 27.4 Å². The number of esters is 1. The van der Waals surface area contributed by atoms with E-state index in [4.69, 9.17) is 0 Å². The van der Waals surface area contributed by atoms with Crippen molar-refractivity contribution in [2.24, 2.45) is 0 Å². The first-order valence-corrected chi connectivity index (χ1v) is 5.40. The first kappa shape index (κ1) is 11.5. The van der Waals surface area contributed by atoms with Gasteiger partial charge in [0.05, 0.1) is 7.11 Å². The molecule has 0 atom stereocenters. The van der Waals surface area contributed by atoms with Crippen LogP contribution in [0.2, 0.25) is 0 Å². The molecule has 1 aromatic heterocycles. The van der Waals surface area contributed by atoms with Crippen LogP contribution in [0.25, 0.3) is 10.1 Å². The van der Waals surface area contributed by atoms with E-state index < -0.39 is 27.8 Å². The standard InChI is InChI=1S/C11H7FO4S/c1-16-10(14)8-9(13)6-4-5(12)2-3-7(6)17-11(8)15/h2-4,15H,1H3. The fourth-order valence-corrected chi connectivity index (χ4v) is 2.32. The zero-order valence-electron chi connectivity index (χ0n) is 8.69. The van der Waals surface area contributed by atoms with Crippen molar-refractivity contribution in [2.75, 3.05) is 7.11 Å². The van der Waals surface area contributed by atoms with Gasteiger partial charge in [-0.3, -0.25) is 4.79 Å². The van der Waals surface area contributed by atoms with Crippen LogP contribution in [0.5, 0.6) is 5.06 Å². The number of rotatable bonds is 1. The summed E-state index contributed by atoms with van der Waals surface area (Å²) in [5, 5.41) is 9.20. The van der Waals surface area contributed by atoms with E-state index in [1.165, 1.54) is 12.1 Å². The predicted molar refractivity (Wildman–Crippen MR) is 61.1 cm³/mol. The molecule has 4 nitrogen and oxygen atoms in total. The minimum atomic E-state index is -0.935. The molecule has 6 heteroatoms. The lowest BCUT2D eigenvalue weighted by Crippen LogP contribution is -2.15. The third-order valence-corrected chi connectivity index (χ3v) is 3.20. The van der Waals surface area contributed by atoms with Crippen LogP contribution in [0.15, 0.2) is 23.0 Å². The summed E-state index contributed by atoms with van der Waals surface area (Å²) in [5.41, 5.74) is -1.20. The number of aromatic hydroxyl groups is 1. The number of methoxy groups -OCH3 is 1. The second kappa shape index (κ2) is 4.14. The van der Waals surface area contributed by atoms with E-state index in [0.29, 0.717) is 4.70 Å². The van der Waals surface area contributed by atoms with Crippen molar-refractivity contribution in [3.8, 4) is 5.06 Å². The molecule has 1 heterocycles. The van der Waals surface area contributed by atoms with Crippen LogP contribution in [0, 0.1) is 5.82 Å². The normalized spacial score (nSPS) is 10.5. The molecule has 1 aromatic carbocycles. The SMILES string of the molecule is COC(=O)c1c(O)sc2ccc(F)cc2c1=O. The fourth-order valence-electron chi connectivity index (χ4n) is 1.44. The largest absolute Gasteiger partial charge is 0.499 e. The summed E-state index contributed by atoms with van der Waals surface area (Å²) in [6, 6.07) is 3.58. The molecule has 0 bridgehead atoms. The van der Waals surface area contributed by atoms with E-state index in [1.54, 1.807) is 0 Å². The third-order valence-electron chi connectivity index (χ3n) is 2.22. The van der Waals surface area contributed by atoms with Crippen LogP contribution >= 0.6 is 11.3 Å². The monoisotopic (exact) mass is 254 g/mol. The van der Waals surface area contributed by atoms with E-state index in [0.717, 1.165) is 24.5 Å². The molecular weight excluding hydrogens is 247 g/mol. The van der Waals surface area contributed by atoms with Gasteiger partial charge in [-0.15, -0.1) is 0 Å². The van der Waals surface area contributed by atoms with Gasteiger partial charge in [0.2, 0.25) is 5.43 Å². The zero-order valence-corrected chi connectivity index (χ0v) is 9.51. The molecule has 0 aliphatic heterocycles. The number of hydrogen-bond donors (Lipinski definition) is 1. The van der Waals surface area contributed by atoms with Gasteiger partial charge in [-0.25, -0.2) is 9.18 Å². The molecular formula is C11H7FO4S. The van der Waals surface area contributed by atoms with Crippen molar-refractivity contribution in [3.05, 3.63) is 39.8 Å². The fraction of sp³-hybridized carbons (Fsp3) is 0.0909. The molecule has 17 heavy (non-hydrogen) atoms. The molecule has 0 aliphatic carbocycles. The number of carbonyl (C=O) groups is 1. The Labute approximate surface area is 98.9 Å². The average Bonchev–Trinajstić information content (AvgIpc) is 2.30. The summed E-state index contributed by atoms with van der Waals surface area (Å²) in [4.78, 5) is 23.2. The smallest absolute Gasteiger partial charge is 0.346 e. The van der Waals surface area contributed by atoms with Crippen molar-refractivity contribution in [3.63, 3.8) is 0 Å². The van der Waals surface area contributed by atoms with Crippen LogP contribution in [0.4, 0.5) is 4.39 Å². The van der Waals surface area contributed by atoms with Gasteiger partial charge in [0.15, 0.2) is 10.6 Å². The van der Waals surface area contributed by atoms with E-state index >= 15 is 0 Å². The maximum absolute atomic E-state index is 13.0. The number of fused-ring (bicyclic) bond motifs is 1. The van der Waals surface area contributed by atoms with Crippen molar-refractivity contribution in [2.45, 2.75) is 0 Å². The molecule has 0 radical (unpaired) electrons. The second-order valence-corrected chi connectivity index (χ2v) is 4.27. The van der Waals surface area contributed by atoms with Gasteiger partial charge in [0, 0.05) is 10.1 Å². The van der Waals surface area contributed by atoms with E-state index in [2.05, 4.69) is 4.74 Å². The Hall–Kier alpha value is -1.95. The van der Waals surface area contributed by atoms with E-state index in [9.17, 15) is 19.1 Å². The Morgan fingerprint density at radius 3 is 2.82 bits per heavy atom. The van der Waals surface area contributed by atoms with Crippen molar-refractivity contribution < 1.29 is 19.0 Å². The Morgan fingerprint density at radius 1 is 1.47 bits per heavy atom. The quantitative estimate of drug-likeness (QED) is 0.789. The van der Waals surface area contributed by atoms with Gasteiger partial charge in [-0.1, -0.05) is 11.3 Å². The Kier molecular flexibility index (Phi) is 2.81. The highest BCUT2D eigenvalue weighted by molar-refractivity contribution is 7.20. The van der Waals surface area contributed by atoms with Crippen LogP contribution in [0.3, 0.4) is 0 Å². The molecule has 1 N–H and O–H groups in total. The predicted octanol–water partition coefficient (Wildman–Crippen LogP) is 1.89. The minimum Gasteiger partial charge on any atom is -0.499 e. The minimum absolute atomic E-state index is 0.0493. The zero-order chi connectivity index (χ0) is 12.6. The van der Waals surface area contributed by atoms with Gasteiger partial charge in [0.1, 0.15) is 5.82 Å². The first-order valence-electron chi connectivity index (χ1n) is 4.58. The number of hydrogen-bond acceptors (Lipinski definition) is 5. The van der Waals surface area contributed by atoms with Gasteiger partial charge in [-0.05, 0) is 18.2 Å². The Balaban J connectivity index is 2.87. The van der Waals surface area contributed by atoms with Crippen LogP contribution in [0.1, 0.15) is 10.4 Å². The molecule has 0 amide bonds. The van der Waals surface area contributed by atoms with Crippen molar-refractivity contribution in [1.82, 2.24) is 0 Å². The molecule has 0 unspecified atom stereocenters. The first-order chi connectivity index (χ1) is 8.04. The summed E-state index contributed by atoms with van der Waals surface area (Å²) in [6.07, 6.45) is 0. The number of ether oxygens (including phenoxy) is 1. The van der Waals surface area contributed by atoms with Crippen molar-refractivity contribution in [1.29, 1.82) is 0 Å². The average molecular weight is 254 g/mol. The van der Waals surface area contributed by atoms with Crippen LogP contribution < -0.4 is 5.43 Å². The maximum Gasteiger partial charge on any atom is 0.346 e. The highest BCUT2D eigenvalue weighted by Crippen LogP contribution is 2.28. The summed E-state index contributed by atoms with van der Waals surface area (Å²) >= 11 is 0.823. The number of carbonyl (C=O) groups excluding carboxylic acids is 1. The van der Waals surface area contributed by atoms with Gasteiger partial charge in [-0.2, -0.15) is 0 Å². The molecule has 0 fully saturated rings. The molecule has 0 saturated heterocycles. The number of halogens is 1. The Bertz CT molecular complexity index is 662. The third kappa shape index (κ3) is 1.87. The molecule has 0 aliphatic rings.